The Hall–Kier alpha value is -2.37. The van der Waals surface area contributed by atoms with Gasteiger partial charge in [0.1, 0.15) is 0 Å². The predicted molar refractivity (Wildman–Crippen MR) is 82.3 cm³/mol. The summed E-state index contributed by atoms with van der Waals surface area (Å²) in [4.78, 5) is 36.7. The van der Waals surface area contributed by atoms with Crippen molar-refractivity contribution < 1.29 is 19.5 Å². The first-order valence-corrected chi connectivity index (χ1v) is 7.20. The highest BCUT2D eigenvalue weighted by Crippen LogP contribution is 2.37. The van der Waals surface area contributed by atoms with Crippen molar-refractivity contribution in [3.63, 3.8) is 0 Å². The van der Waals surface area contributed by atoms with Crippen LogP contribution in [0, 0.1) is 0 Å². The van der Waals surface area contributed by atoms with E-state index in [2.05, 4.69) is 5.32 Å². The van der Waals surface area contributed by atoms with Gasteiger partial charge >= 0.3 is 6.09 Å². The molecule has 2 rings (SSSR count). The fourth-order valence-corrected chi connectivity index (χ4v) is 2.68. The van der Waals surface area contributed by atoms with E-state index in [1.807, 2.05) is 0 Å². The summed E-state index contributed by atoms with van der Waals surface area (Å²) in [7, 11) is 0. The smallest absolute Gasteiger partial charge is 0.407 e. The van der Waals surface area contributed by atoms with Crippen molar-refractivity contribution in [1.82, 2.24) is 4.90 Å². The van der Waals surface area contributed by atoms with Crippen LogP contribution in [0.3, 0.4) is 0 Å². The molecule has 0 saturated carbocycles. The number of nitrogens with one attached hydrogen (secondary N) is 1. The molecule has 0 spiro atoms. The van der Waals surface area contributed by atoms with Gasteiger partial charge in [-0.15, -0.1) is 0 Å². The second-order valence-corrected chi connectivity index (χ2v) is 5.95. The predicted octanol–water partition coefficient (Wildman–Crippen LogP) is 2.49. The van der Waals surface area contributed by atoms with Gasteiger partial charge in [-0.05, 0) is 51.5 Å². The second-order valence-electron chi connectivity index (χ2n) is 5.95. The van der Waals surface area contributed by atoms with E-state index in [9.17, 15) is 14.4 Å². The van der Waals surface area contributed by atoms with Crippen molar-refractivity contribution in [3.05, 3.63) is 29.3 Å². The Labute approximate surface area is 129 Å². The van der Waals surface area contributed by atoms with Gasteiger partial charge in [-0.3, -0.25) is 14.5 Å². The van der Waals surface area contributed by atoms with Crippen LogP contribution in [0.15, 0.2) is 18.2 Å². The standard InChI is InChI=1S/C16H20N2O4/c1-5-18(15(21)22)9(2)13(19)10-6-7-12-11(8-10)16(3,4)14(20)17-12/h6-9H,5H2,1-4H3,(H,17,20)(H,21,22). The molecule has 1 atom stereocenters. The molecule has 0 aliphatic carbocycles. The van der Waals surface area contributed by atoms with Gasteiger partial charge in [0.25, 0.3) is 0 Å². The Morgan fingerprint density at radius 1 is 1.36 bits per heavy atom. The van der Waals surface area contributed by atoms with E-state index in [1.54, 1.807) is 45.9 Å². The van der Waals surface area contributed by atoms with E-state index in [0.29, 0.717) is 11.3 Å². The molecule has 2 N–H and O–H groups in total. The Morgan fingerprint density at radius 3 is 2.55 bits per heavy atom. The van der Waals surface area contributed by atoms with Crippen LogP contribution >= 0.6 is 0 Å². The largest absolute Gasteiger partial charge is 0.465 e. The molecule has 22 heavy (non-hydrogen) atoms. The molecule has 0 fully saturated rings. The summed E-state index contributed by atoms with van der Waals surface area (Å²) in [6.07, 6.45) is -1.12. The zero-order chi connectivity index (χ0) is 16.7. The van der Waals surface area contributed by atoms with Crippen LogP contribution in [0.1, 0.15) is 43.6 Å². The minimum Gasteiger partial charge on any atom is -0.465 e. The number of nitrogens with zero attached hydrogens (tertiary/aromatic N) is 1. The molecular formula is C16H20N2O4. The Kier molecular flexibility index (Phi) is 3.96. The number of amides is 2. The first-order valence-electron chi connectivity index (χ1n) is 7.20. The highest BCUT2D eigenvalue weighted by molar-refractivity contribution is 6.08. The van der Waals surface area contributed by atoms with Crippen LogP contribution in [0.5, 0.6) is 0 Å². The molecular weight excluding hydrogens is 284 g/mol. The van der Waals surface area contributed by atoms with E-state index in [-0.39, 0.29) is 18.2 Å². The van der Waals surface area contributed by atoms with E-state index in [1.165, 1.54) is 0 Å². The Morgan fingerprint density at radius 2 is 2.00 bits per heavy atom. The number of carbonyl (C=O) groups is 3. The molecule has 1 aliphatic heterocycles. The number of hydrogen-bond acceptors (Lipinski definition) is 3. The van der Waals surface area contributed by atoms with Gasteiger partial charge in [-0.1, -0.05) is 0 Å². The lowest BCUT2D eigenvalue weighted by molar-refractivity contribution is -0.119. The lowest BCUT2D eigenvalue weighted by Gasteiger charge is -2.24. The van der Waals surface area contributed by atoms with E-state index in [4.69, 9.17) is 5.11 Å². The molecule has 1 aromatic carbocycles. The van der Waals surface area contributed by atoms with Crippen LogP contribution in [0.4, 0.5) is 10.5 Å². The molecule has 1 heterocycles. The van der Waals surface area contributed by atoms with Crippen LogP contribution in [0.25, 0.3) is 0 Å². The molecule has 0 aromatic heterocycles. The first kappa shape index (κ1) is 16.0. The van der Waals surface area contributed by atoms with Gasteiger partial charge in [0.15, 0.2) is 5.78 Å². The topological polar surface area (TPSA) is 86.7 Å². The number of rotatable bonds is 4. The molecule has 6 heteroatoms. The van der Waals surface area contributed by atoms with E-state index >= 15 is 0 Å². The molecule has 1 aromatic rings. The van der Waals surface area contributed by atoms with Crippen LogP contribution in [-0.4, -0.2) is 40.4 Å². The van der Waals surface area contributed by atoms with Gasteiger partial charge in [0.05, 0.1) is 11.5 Å². The number of carboxylic acid groups (broad SMARTS) is 1. The summed E-state index contributed by atoms with van der Waals surface area (Å²) in [5.74, 6) is -0.386. The minimum atomic E-state index is -1.12. The summed E-state index contributed by atoms with van der Waals surface area (Å²) < 4.78 is 0. The van der Waals surface area contributed by atoms with Crippen molar-refractivity contribution in [2.75, 3.05) is 11.9 Å². The van der Waals surface area contributed by atoms with E-state index in [0.717, 1.165) is 10.5 Å². The SMILES string of the molecule is CCN(C(=O)O)C(C)C(=O)c1ccc2c(c1)C(C)(C)C(=O)N2. The van der Waals surface area contributed by atoms with Crippen molar-refractivity contribution in [1.29, 1.82) is 0 Å². The third-order valence-corrected chi connectivity index (χ3v) is 4.23. The van der Waals surface area contributed by atoms with E-state index < -0.39 is 17.6 Å². The fourth-order valence-electron chi connectivity index (χ4n) is 2.68. The number of hydrogen-bond donors (Lipinski definition) is 2. The molecule has 0 bridgehead atoms. The highest BCUT2D eigenvalue weighted by Gasteiger charge is 2.39. The van der Waals surface area contributed by atoms with Crippen molar-refractivity contribution in [3.8, 4) is 0 Å². The average molecular weight is 304 g/mol. The van der Waals surface area contributed by atoms with Crippen molar-refractivity contribution in [2.45, 2.75) is 39.2 Å². The van der Waals surface area contributed by atoms with Crippen LogP contribution in [0.2, 0.25) is 0 Å². The number of fused-ring (bicyclic) bond motifs is 1. The molecule has 0 radical (unpaired) electrons. The lowest BCUT2D eigenvalue weighted by atomic mass is 9.84. The quantitative estimate of drug-likeness (QED) is 0.837. The molecule has 1 unspecified atom stereocenters. The molecule has 0 saturated heterocycles. The molecule has 6 nitrogen and oxygen atoms in total. The van der Waals surface area contributed by atoms with Crippen LogP contribution < -0.4 is 5.32 Å². The van der Waals surface area contributed by atoms with Gasteiger partial charge in [0.2, 0.25) is 5.91 Å². The lowest BCUT2D eigenvalue weighted by Crippen LogP contribution is -2.42. The summed E-state index contributed by atoms with van der Waals surface area (Å²) in [6.45, 7) is 7.08. The minimum absolute atomic E-state index is 0.110. The number of ketones is 1. The normalized spacial score (nSPS) is 16.6. The molecule has 118 valence electrons. The summed E-state index contributed by atoms with van der Waals surface area (Å²) in [6, 6.07) is 4.23. The van der Waals surface area contributed by atoms with Gasteiger partial charge in [-0.2, -0.15) is 0 Å². The third-order valence-electron chi connectivity index (χ3n) is 4.23. The fraction of sp³-hybridized carbons (Fsp3) is 0.438. The monoisotopic (exact) mass is 304 g/mol. The molecule has 2 amide bonds. The average Bonchev–Trinajstić information content (AvgIpc) is 2.68. The number of benzene rings is 1. The summed E-state index contributed by atoms with van der Waals surface area (Å²) in [5, 5.41) is 11.9. The van der Waals surface area contributed by atoms with Gasteiger partial charge in [-0.25, -0.2) is 4.79 Å². The van der Waals surface area contributed by atoms with Crippen molar-refractivity contribution >= 4 is 23.5 Å². The van der Waals surface area contributed by atoms with Gasteiger partial charge < -0.3 is 10.4 Å². The maximum Gasteiger partial charge on any atom is 0.407 e. The maximum absolute atomic E-state index is 12.5. The number of likely N-dealkylation sites (N-methyl/N-ethyl adjacent to an activating group) is 1. The Balaban J connectivity index is 2.36. The third kappa shape index (κ3) is 2.45. The summed E-state index contributed by atoms with van der Waals surface area (Å²) >= 11 is 0. The first-order chi connectivity index (χ1) is 10.2. The number of anilines is 1. The maximum atomic E-state index is 12.5. The van der Waals surface area contributed by atoms with Crippen molar-refractivity contribution in [2.24, 2.45) is 0 Å². The zero-order valence-electron chi connectivity index (χ0n) is 13.1. The highest BCUT2D eigenvalue weighted by atomic mass is 16.4. The zero-order valence-corrected chi connectivity index (χ0v) is 13.1. The number of Topliss-reactive ketones (excluding diaryl/α,β-unsaturated/α-hetero) is 1. The Bertz CT molecular complexity index is 652. The summed E-state index contributed by atoms with van der Waals surface area (Å²) in [5.41, 5.74) is 1.17. The van der Waals surface area contributed by atoms with Gasteiger partial charge in [0, 0.05) is 17.8 Å². The molecule has 1 aliphatic rings. The van der Waals surface area contributed by atoms with Crippen LogP contribution in [-0.2, 0) is 10.2 Å². The number of carbonyl (C=O) groups excluding carboxylic acids is 2. The second kappa shape index (κ2) is 5.44.